The average Bonchev–Trinajstić information content (AvgIpc) is 2.92. The fourth-order valence-corrected chi connectivity index (χ4v) is 3.07. The molecule has 2 aromatic rings. The van der Waals surface area contributed by atoms with Gasteiger partial charge in [0.2, 0.25) is 5.91 Å². The summed E-state index contributed by atoms with van der Waals surface area (Å²) in [5, 5.41) is 15.4. The molecule has 1 aliphatic carbocycles. The minimum absolute atomic E-state index is 0.0226. The third kappa shape index (κ3) is 3.42. The monoisotopic (exact) mass is 283 g/mol. The number of carbonyl (C=O) groups is 1. The number of benzene rings is 2. The maximum Gasteiger partial charge on any atom is 0.224 e. The molecule has 3 nitrogen and oxygen atoms in total. The SMILES string of the molecule is O=C(Cc1ccc2ccccc2c1)NCC1(O)CCCC1. The Bertz CT molecular complexity index is 644. The van der Waals surface area contributed by atoms with Crippen molar-refractivity contribution in [1.82, 2.24) is 5.32 Å². The molecule has 0 unspecified atom stereocenters. The highest BCUT2D eigenvalue weighted by Crippen LogP contribution is 2.28. The molecule has 3 heteroatoms. The lowest BCUT2D eigenvalue weighted by Crippen LogP contribution is -2.41. The summed E-state index contributed by atoms with van der Waals surface area (Å²) in [5.74, 6) is -0.0226. The highest BCUT2D eigenvalue weighted by atomic mass is 16.3. The third-order valence-corrected chi connectivity index (χ3v) is 4.33. The highest BCUT2D eigenvalue weighted by Gasteiger charge is 2.31. The largest absolute Gasteiger partial charge is 0.388 e. The Labute approximate surface area is 125 Å². The number of fused-ring (bicyclic) bond motifs is 1. The molecule has 0 spiro atoms. The van der Waals surface area contributed by atoms with Crippen molar-refractivity contribution >= 4 is 16.7 Å². The van der Waals surface area contributed by atoms with Gasteiger partial charge in [0.05, 0.1) is 12.0 Å². The Hall–Kier alpha value is -1.87. The van der Waals surface area contributed by atoms with Gasteiger partial charge in [-0.1, -0.05) is 55.3 Å². The van der Waals surface area contributed by atoms with Crippen molar-refractivity contribution in [3.05, 3.63) is 48.0 Å². The van der Waals surface area contributed by atoms with Crippen molar-refractivity contribution in [3.63, 3.8) is 0 Å². The highest BCUT2D eigenvalue weighted by molar-refractivity contribution is 5.85. The second kappa shape index (κ2) is 5.86. The molecule has 2 aromatic carbocycles. The standard InChI is InChI=1S/C18H21NO2/c20-17(19-13-18(21)9-3-4-10-18)12-14-7-8-15-5-1-2-6-16(15)11-14/h1-2,5-8,11,21H,3-4,9-10,12-13H2,(H,19,20). The molecule has 0 aromatic heterocycles. The van der Waals surface area contributed by atoms with Crippen molar-refractivity contribution in [1.29, 1.82) is 0 Å². The normalized spacial score (nSPS) is 17.0. The van der Waals surface area contributed by atoms with E-state index in [2.05, 4.69) is 23.5 Å². The fourth-order valence-electron chi connectivity index (χ4n) is 3.07. The molecule has 0 aliphatic heterocycles. The van der Waals surface area contributed by atoms with Gasteiger partial charge in [-0.25, -0.2) is 0 Å². The molecule has 0 bridgehead atoms. The van der Waals surface area contributed by atoms with Crippen molar-refractivity contribution < 1.29 is 9.90 Å². The summed E-state index contributed by atoms with van der Waals surface area (Å²) in [6.45, 7) is 0.374. The first-order chi connectivity index (χ1) is 10.1. The number of rotatable bonds is 4. The molecule has 1 saturated carbocycles. The summed E-state index contributed by atoms with van der Waals surface area (Å²) in [4.78, 5) is 12.0. The summed E-state index contributed by atoms with van der Waals surface area (Å²) in [5.41, 5.74) is 0.323. The van der Waals surface area contributed by atoms with Gasteiger partial charge >= 0.3 is 0 Å². The maximum atomic E-state index is 12.0. The fraction of sp³-hybridized carbons (Fsp3) is 0.389. The summed E-state index contributed by atoms with van der Waals surface area (Å²) in [6, 6.07) is 14.2. The minimum Gasteiger partial charge on any atom is -0.388 e. The lowest BCUT2D eigenvalue weighted by atomic mass is 10.0. The van der Waals surface area contributed by atoms with Crippen LogP contribution in [-0.2, 0) is 11.2 Å². The van der Waals surface area contributed by atoms with Crippen LogP contribution in [0.5, 0.6) is 0 Å². The van der Waals surface area contributed by atoms with Crippen LogP contribution in [0.25, 0.3) is 10.8 Å². The van der Waals surface area contributed by atoms with Gasteiger partial charge < -0.3 is 10.4 Å². The molecular formula is C18H21NO2. The van der Waals surface area contributed by atoms with Crippen molar-refractivity contribution in [2.24, 2.45) is 0 Å². The Morgan fingerprint density at radius 2 is 1.81 bits per heavy atom. The molecule has 0 saturated heterocycles. The predicted octanol–water partition coefficient (Wildman–Crippen LogP) is 2.80. The van der Waals surface area contributed by atoms with Crippen LogP contribution in [0.4, 0.5) is 0 Å². The first-order valence-electron chi connectivity index (χ1n) is 7.61. The Kier molecular flexibility index (Phi) is 3.93. The van der Waals surface area contributed by atoms with Gasteiger partial charge in [-0.2, -0.15) is 0 Å². The van der Waals surface area contributed by atoms with Crippen molar-refractivity contribution in [3.8, 4) is 0 Å². The zero-order valence-corrected chi connectivity index (χ0v) is 12.1. The van der Waals surface area contributed by atoms with Gasteiger partial charge in [0, 0.05) is 6.54 Å². The summed E-state index contributed by atoms with van der Waals surface area (Å²) in [7, 11) is 0. The topological polar surface area (TPSA) is 49.3 Å². The van der Waals surface area contributed by atoms with E-state index in [0.29, 0.717) is 13.0 Å². The van der Waals surface area contributed by atoms with Crippen LogP contribution in [0.15, 0.2) is 42.5 Å². The zero-order valence-electron chi connectivity index (χ0n) is 12.1. The minimum atomic E-state index is -0.682. The van der Waals surface area contributed by atoms with Gasteiger partial charge in [0.15, 0.2) is 0 Å². The van der Waals surface area contributed by atoms with Crippen LogP contribution in [0.3, 0.4) is 0 Å². The maximum absolute atomic E-state index is 12.0. The van der Waals surface area contributed by atoms with Gasteiger partial charge in [-0.05, 0) is 29.2 Å². The van der Waals surface area contributed by atoms with Crippen LogP contribution in [0, 0.1) is 0 Å². The van der Waals surface area contributed by atoms with E-state index < -0.39 is 5.60 Å². The van der Waals surface area contributed by atoms with E-state index in [1.807, 2.05) is 24.3 Å². The summed E-state index contributed by atoms with van der Waals surface area (Å²) < 4.78 is 0. The van der Waals surface area contributed by atoms with Gasteiger partial charge in [0.25, 0.3) is 0 Å². The molecule has 21 heavy (non-hydrogen) atoms. The van der Waals surface area contributed by atoms with Crippen molar-refractivity contribution in [2.45, 2.75) is 37.7 Å². The number of carbonyl (C=O) groups excluding carboxylic acids is 1. The zero-order chi connectivity index (χ0) is 14.7. The number of nitrogens with one attached hydrogen (secondary N) is 1. The summed E-state index contributed by atoms with van der Waals surface area (Å²) >= 11 is 0. The van der Waals surface area contributed by atoms with E-state index in [9.17, 15) is 9.90 Å². The third-order valence-electron chi connectivity index (χ3n) is 4.33. The molecule has 3 rings (SSSR count). The Morgan fingerprint density at radius 3 is 2.57 bits per heavy atom. The van der Waals surface area contributed by atoms with Gasteiger partial charge in [-0.15, -0.1) is 0 Å². The number of hydrogen-bond acceptors (Lipinski definition) is 2. The molecule has 1 fully saturated rings. The van der Waals surface area contributed by atoms with Crippen molar-refractivity contribution in [2.75, 3.05) is 6.54 Å². The van der Waals surface area contributed by atoms with Gasteiger partial charge in [-0.3, -0.25) is 4.79 Å². The quantitative estimate of drug-likeness (QED) is 0.906. The summed E-state index contributed by atoms with van der Waals surface area (Å²) in [6.07, 6.45) is 4.06. The molecule has 1 amide bonds. The second-order valence-corrected chi connectivity index (χ2v) is 6.07. The molecule has 0 atom stereocenters. The first kappa shape index (κ1) is 14.1. The van der Waals surface area contributed by atoms with E-state index in [1.165, 1.54) is 5.39 Å². The first-order valence-corrected chi connectivity index (χ1v) is 7.61. The van der Waals surface area contributed by atoms with Crippen LogP contribution >= 0.6 is 0 Å². The average molecular weight is 283 g/mol. The molecule has 1 aliphatic rings. The molecule has 110 valence electrons. The molecular weight excluding hydrogens is 262 g/mol. The number of aliphatic hydroxyl groups is 1. The van der Waals surface area contributed by atoms with Gasteiger partial charge in [0.1, 0.15) is 0 Å². The van der Waals surface area contributed by atoms with E-state index in [-0.39, 0.29) is 5.91 Å². The predicted molar refractivity (Wildman–Crippen MR) is 84.1 cm³/mol. The molecule has 0 radical (unpaired) electrons. The smallest absolute Gasteiger partial charge is 0.224 e. The van der Waals surface area contributed by atoms with Crippen LogP contribution in [-0.4, -0.2) is 23.2 Å². The lowest BCUT2D eigenvalue weighted by molar-refractivity contribution is -0.121. The van der Waals surface area contributed by atoms with Crippen LogP contribution in [0.1, 0.15) is 31.2 Å². The van der Waals surface area contributed by atoms with E-state index in [0.717, 1.165) is 36.6 Å². The second-order valence-electron chi connectivity index (χ2n) is 6.07. The lowest BCUT2D eigenvalue weighted by Gasteiger charge is -2.22. The molecule has 0 heterocycles. The van der Waals surface area contributed by atoms with Crippen LogP contribution < -0.4 is 5.32 Å². The Morgan fingerprint density at radius 1 is 1.10 bits per heavy atom. The number of amides is 1. The van der Waals surface area contributed by atoms with E-state index in [4.69, 9.17) is 0 Å². The number of hydrogen-bond donors (Lipinski definition) is 2. The van der Waals surface area contributed by atoms with E-state index >= 15 is 0 Å². The Balaban J connectivity index is 1.60. The van der Waals surface area contributed by atoms with E-state index in [1.54, 1.807) is 0 Å². The molecule has 2 N–H and O–H groups in total. The van der Waals surface area contributed by atoms with Crippen LogP contribution in [0.2, 0.25) is 0 Å².